The van der Waals surface area contributed by atoms with Crippen LogP contribution in [0.4, 0.5) is 4.39 Å². The fraction of sp³-hybridized carbons (Fsp3) is 0.0465. The number of nitrogens with one attached hydrogen (secondary N) is 2. The predicted molar refractivity (Wildman–Crippen MR) is 210 cm³/mol. The first-order chi connectivity index (χ1) is 26.4. The van der Waals surface area contributed by atoms with E-state index in [1.54, 1.807) is 62.4 Å². The summed E-state index contributed by atoms with van der Waals surface area (Å²) in [6, 6.07) is 36.5. The first kappa shape index (κ1) is 35.5. The minimum absolute atomic E-state index is 0.292. The van der Waals surface area contributed by atoms with Crippen molar-refractivity contribution in [3.8, 4) is 73.6 Å². The number of imidazole rings is 2. The predicted octanol–water partition coefficient (Wildman–Crippen LogP) is 9.31. The van der Waals surface area contributed by atoms with E-state index >= 15 is 0 Å². The highest BCUT2D eigenvalue weighted by Crippen LogP contribution is 2.37. The topological polar surface area (TPSA) is 127 Å². The molecule has 266 valence electrons. The van der Waals surface area contributed by atoms with Gasteiger partial charge in [-0.25, -0.2) is 14.4 Å². The number of hydrogen-bond acceptors (Lipinski definition) is 7. The van der Waals surface area contributed by atoms with E-state index in [1.165, 1.54) is 12.1 Å². The maximum atomic E-state index is 13.3. The fourth-order valence-electron chi connectivity index (χ4n) is 5.85. The molecule has 4 aromatic heterocycles. The van der Waals surface area contributed by atoms with Crippen LogP contribution in [0, 0.1) is 5.82 Å². The van der Waals surface area contributed by atoms with Crippen LogP contribution in [0.5, 0.6) is 5.75 Å². The van der Waals surface area contributed by atoms with Gasteiger partial charge in [0.2, 0.25) is 0 Å². The van der Waals surface area contributed by atoms with E-state index in [2.05, 4.69) is 19.9 Å². The molecule has 0 radical (unpaired) electrons. The van der Waals surface area contributed by atoms with Crippen LogP contribution < -0.4 is 4.74 Å². The van der Waals surface area contributed by atoms with Gasteiger partial charge in [0.1, 0.15) is 29.5 Å². The molecule has 2 N–H and O–H groups in total. The Labute approximate surface area is 313 Å². The summed E-state index contributed by atoms with van der Waals surface area (Å²) in [6.45, 7) is 0. The number of benzene rings is 4. The Balaban J connectivity index is 0.000000167. The molecule has 9 nitrogen and oxygen atoms in total. The van der Waals surface area contributed by atoms with Crippen molar-refractivity contribution >= 4 is 17.1 Å². The number of aldehydes is 1. The van der Waals surface area contributed by atoms with Crippen molar-refractivity contribution < 1.29 is 18.1 Å². The zero-order valence-electron chi connectivity index (χ0n) is 29.2. The summed E-state index contributed by atoms with van der Waals surface area (Å²) in [5.74, 6) is 1.89. The van der Waals surface area contributed by atoms with Gasteiger partial charge in [0, 0.05) is 85.7 Å². The largest absolute Gasteiger partial charge is 0.496 e. The van der Waals surface area contributed by atoms with Gasteiger partial charge in [0.05, 0.1) is 29.9 Å². The summed E-state index contributed by atoms with van der Waals surface area (Å²) in [4.78, 5) is 36.2. The van der Waals surface area contributed by atoms with Crippen LogP contribution in [-0.4, -0.2) is 53.8 Å². The molecule has 0 aliphatic carbocycles. The molecule has 1 unspecified atom stereocenters. The fourth-order valence-corrected chi connectivity index (χ4v) is 6.37. The highest BCUT2D eigenvalue weighted by atomic mass is 32.2. The molecule has 0 saturated heterocycles. The Bertz CT molecular complexity index is 2520. The highest BCUT2D eigenvalue weighted by Gasteiger charge is 2.19. The third-order valence-corrected chi connectivity index (χ3v) is 9.54. The molecule has 0 aliphatic rings. The number of H-pyrrole nitrogens is 2. The van der Waals surface area contributed by atoms with E-state index in [1.807, 2.05) is 84.9 Å². The van der Waals surface area contributed by atoms with Crippen LogP contribution in [0.3, 0.4) is 0 Å². The number of halogens is 1. The molecule has 8 rings (SSSR count). The standard InChI is InChI=1S/C22H19N3O2S.C21H14FN3O/c1-27-19-6-4-3-5-18(19)21-20(15-11-13-23-14-12-15)24-22(25-21)16-7-9-17(10-8-16)28(2)26;22-18-7-5-15(6-8-18)19-20(16-9-11-23-12-10-16)25-21(24-19)17-3-1-14(13-26)2-4-17/h3-14H,1-2H3,(H,24,25);1-13H,(H,24,25). The van der Waals surface area contributed by atoms with Crippen LogP contribution in [0.1, 0.15) is 10.4 Å². The first-order valence-corrected chi connectivity index (χ1v) is 18.4. The van der Waals surface area contributed by atoms with Crippen LogP contribution in [0.25, 0.3) is 67.8 Å². The molecule has 4 aromatic carbocycles. The van der Waals surface area contributed by atoms with Gasteiger partial charge in [0.25, 0.3) is 0 Å². The molecule has 11 heteroatoms. The van der Waals surface area contributed by atoms with Crippen LogP contribution in [-0.2, 0) is 10.8 Å². The SMILES string of the molecule is COc1ccccc1-c1[nH]c(-c2ccc(S(C)=O)cc2)nc1-c1ccncc1.O=Cc1ccc(-c2nc(-c3ccc(F)cc3)c(-c3ccncc3)[nH]2)cc1. The second-order valence-corrected chi connectivity index (χ2v) is 13.4. The van der Waals surface area contributed by atoms with Gasteiger partial charge in [-0.3, -0.25) is 19.0 Å². The smallest absolute Gasteiger partial charge is 0.150 e. The number of para-hydroxylation sites is 1. The molecule has 0 bridgehead atoms. The Morgan fingerprint density at radius 2 is 1.11 bits per heavy atom. The normalized spacial score (nSPS) is 11.3. The van der Waals surface area contributed by atoms with Crippen molar-refractivity contribution in [1.29, 1.82) is 0 Å². The molecule has 0 fully saturated rings. The van der Waals surface area contributed by atoms with E-state index in [0.29, 0.717) is 11.4 Å². The van der Waals surface area contributed by atoms with Crippen LogP contribution >= 0.6 is 0 Å². The van der Waals surface area contributed by atoms with Crippen molar-refractivity contribution in [2.75, 3.05) is 13.4 Å². The van der Waals surface area contributed by atoms with Gasteiger partial charge < -0.3 is 14.7 Å². The van der Waals surface area contributed by atoms with Crippen molar-refractivity contribution in [1.82, 2.24) is 29.9 Å². The first-order valence-electron chi connectivity index (χ1n) is 16.8. The molecular formula is C43H33FN6O3S. The molecule has 0 spiro atoms. The second kappa shape index (κ2) is 16.2. The summed E-state index contributed by atoms with van der Waals surface area (Å²) in [5.41, 5.74) is 9.28. The number of carbonyl (C=O) groups is 1. The van der Waals surface area contributed by atoms with E-state index in [4.69, 9.17) is 14.7 Å². The van der Waals surface area contributed by atoms with Gasteiger partial charge in [-0.2, -0.15) is 0 Å². The molecule has 0 amide bonds. The summed E-state index contributed by atoms with van der Waals surface area (Å²) < 4.78 is 30.5. The number of hydrogen-bond donors (Lipinski definition) is 2. The second-order valence-electron chi connectivity index (χ2n) is 12.0. The quantitative estimate of drug-likeness (QED) is 0.142. The lowest BCUT2D eigenvalue weighted by Gasteiger charge is -2.08. The van der Waals surface area contributed by atoms with Crippen molar-refractivity contribution in [2.45, 2.75) is 4.90 Å². The monoisotopic (exact) mass is 732 g/mol. The lowest BCUT2D eigenvalue weighted by molar-refractivity contribution is 0.112. The molecule has 54 heavy (non-hydrogen) atoms. The van der Waals surface area contributed by atoms with Crippen LogP contribution in [0.2, 0.25) is 0 Å². The molecular weight excluding hydrogens is 700 g/mol. The third kappa shape index (κ3) is 7.81. The van der Waals surface area contributed by atoms with Crippen molar-refractivity contribution in [2.24, 2.45) is 0 Å². The Kier molecular flexibility index (Phi) is 10.7. The number of carbonyl (C=O) groups excluding carboxylic acids is 1. The Morgan fingerprint density at radius 3 is 1.69 bits per heavy atom. The molecule has 1 atom stereocenters. The molecule has 0 saturated carbocycles. The summed E-state index contributed by atoms with van der Waals surface area (Å²) >= 11 is 0. The van der Waals surface area contributed by atoms with Gasteiger partial charge in [-0.05, 0) is 72.8 Å². The zero-order valence-corrected chi connectivity index (χ0v) is 30.1. The lowest BCUT2D eigenvalue weighted by atomic mass is 10.1. The number of aromatic nitrogens is 6. The summed E-state index contributed by atoms with van der Waals surface area (Å²) in [5, 5.41) is 0. The maximum Gasteiger partial charge on any atom is 0.150 e. The number of aromatic amines is 2. The van der Waals surface area contributed by atoms with Gasteiger partial charge in [0.15, 0.2) is 0 Å². The van der Waals surface area contributed by atoms with Gasteiger partial charge >= 0.3 is 0 Å². The molecule has 8 aromatic rings. The van der Waals surface area contributed by atoms with E-state index in [0.717, 1.165) is 78.9 Å². The van der Waals surface area contributed by atoms with E-state index < -0.39 is 10.8 Å². The van der Waals surface area contributed by atoms with Crippen molar-refractivity contribution in [3.05, 3.63) is 157 Å². The maximum absolute atomic E-state index is 13.3. The highest BCUT2D eigenvalue weighted by molar-refractivity contribution is 7.84. The number of pyridine rings is 2. The minimum atomic E-state index is -1.01. The van der Waals surface area contributed by atoms with Gasteiger partial charge in [-0.1, -0.05) is 48.5 Å². The molecule has 0 aliphatic heterocycles. The number of rotatable bonds is 9. The summed E-state index contributed by atoms with van der Waals surface area (Å²) in [7, 11) is 0.648. The number of ether oxygens (including phenoxy) is 1. The number of nitrogens with zero attached hydrogens (tertiary/aromatic N) is 4. The minimum Gasteiger partial charge on any atom is -0.496 e. The zero-order chi connectivity index (χ0) is 37.4. The Morgan fingerprint density at radius 1 is 0.611 bits per heavy atom. The van der Waals surface area contributed by atoms with Crippen LogP contribution in [0.15, 0.2) is 151 Å². The summed E-state index contributed by atoms with van der Waals surface area (Å²) in [6.07, 6.45) is 9.40. The lowest BCUT2D eigenvalue weighted by Crippen LogP contribution is -1.90. The average Bonchev–Trinajstić information content (AvgIpc) is 3.88. The van der Waals surface area contributed by atoms with E-state index in [-0.39, 0.29) is 5.82 Å². The molecule has 4 heterocycles. The Hall–Kier alpha value is -6.85. The van der Waals surface area contributed by atoms with Crippen molar-refractivity contribution in [3.63, 3.8) is 0 Å². The van der Waals surface area contributed by atoms with E-state index in [9.17, 15) is 13.4 Å². The average molecular weight is 733 g/mol. The number of methoxy groups -OCH3 is 1. The van der Waals surface area contributed by atoms with Gasteiger partial charge in [-0.15, -0.1) is 0 Å². The third-order valence-electron chi connectivity index (χ3n) is 8.60.